The average molecular weight is 304 g/mol. The monoisotopic (exact) mass is 304 g/mol. The van der Waals surface area contributed by atoms with E-state index in [-0.39, 0.29) is 0 Å². The zero-order chi connectivity index (χ0) is 15.2. The van der Waals surface area contributed by atoms with Crippen LogP contribution in [0.3, 0.4) is 0 Å². The Kier molecular flexibility index (Phi) is 5.76. The lowest BCUT2D eigenvalue weighted by Gasteiger charge is -2.04. The second kappa shape index (κ2) is 7.57. The number of aromatic nitrogens is 1. The summed E-state index contributed by atoms with van der Waals surface area (Å²) in [4.78, 5) is 6.16. The maximum absolute atomic E-state index is 5.62. The summed E-state index contributed by atoms with van der Waals surface area (Å²) in [6.45, 7) is 8.14. The van der Waals surface area contributed by atoms with Crippen LogP contribution in [0.25, 0.3) is 10.6 Å². The second-order valence-corrected chi connectivity index (χ2v) is 6.47. The molecule has 0 radical (unpaired) electrons. The molecule has 0 aliphatic heterocycles. The van der Waals surface area contributed by atoms with Gasteiger partial charge in [0.1, 0.15) is 10.8 Å². The van der Waals surface area contributed by atoms with Crippen LogP contribution in [-0.4, -0.2) is 18.6 Å². The van der Waals surface area contributed by atoms with Crippen molar-refractivity contribution >= 4 is 11.3 Å². The molecule has 0 bridgehead atoms. The Morgan fingerprint density at radius 3 is 2.52 bits per heavy atom. The third-order valence-electron chi connectivity index (χ3n) is 3.19. The zero-order valence-corrected chi connectivity index (χ0v) is 14.1. The van der Waals surface area contributed by atoms with Crippen molar-refractivity contribution < 1.29 is 4.74 Å². The molecule has 3 nitrogen and oxygen atoms in total. The van der Waals surface area contributed by atoms with Crippen molar-refractivity contribution in [3.05, 3.63) is 34.8 Å². The van der Waals surface area contributed by atoms with Crippen molar-refractivity contribution in [2.45, 2.75) is 39.7 Å². The third kappa shape index (κ3) is 4.05. The van der Waals surface area contributed by atoms with Crippen molar-refractivity contribution in [3.63, 3.8) is 0 Å². The number of hydrogen-bond donors (Lipinski definition) is 1. The molecule has 0 aliphatic rings. The fraction of sp³-hybridized carbons (Fsp3) is 0.471. The van der Waals surface area contributed by atoms with Gasteiger partial charge in [0.05, 0.1) is 12.3 Å². The minimum absolute atomic E-state index is 0.450. The SMILES string of the molecule is CCCOc1ccc(-c2nc(C(C)C)c(CNC)s2)cc1. The molecule has 1 aromatic heterocycles. The van der Waals surface area contributed by atoms with Crippen molar-refractivity contribution in [1.82, 2.24) is 10.3 Å². The maximum Gasteiger partial charge on any atom is 0.123 e. The second-order valence-electron chi connectivity index (χ2n) is 5.39. The molecule has 21 heavy (non-hydrogen) atoms. The highest BCUT2D eigenvalue weighted by Gasteiger charge is 2.14. The smallest absolute Gasteiger partial charge is 0.123 e. The molecule has 0 saturated heterocycles. The fourth-order valence-electron chi connectivity index (χ4n) is 2.14. The van der Waals surface area contributed by atoms with Crippen LogP contribution in [0.4, 0.5) is 0 Å². The van der Waals surface area contributed by atoms with Crippen molar-refractivity contribution in [2.24, 2.45) is 0 Å². The third-order valence-corrected chi connectivity index (χ3v) is 4.31. The van der Waals surface area contributed by atoms with E-state index in [1.807, 2.05) is 19.2 Å². The van der Waals surface area contributed by atoms with E-state index in [0.29, 0.717) is 5.92 Å². The summed E-state index contributed by atoms with van der Waals surface area (Å²) in [5.74, 6) is 1.38. The molecule has 0 atom stereocenters. The van der Waals surface area contributed by atoms with Gasteiger partial charge < -0.3 is 10.1 Å². The lowest BCUT2D eigenvalue weighted by molar-refractivity contribution is 0.317. The van der Waals surface area contributed by atoms with E-state index in [1.54, 1.807) is 11.3 Å². The van der Waals surface area contributed by atoms with Gasteiger partial charge in [0.2, 0.25) is 0 Å². The summed E-state index contributed by atoms with van der Waals surface area (Å²) in [6.07, 6.45) is 1.03. The van der Waals surface area contributed by atoms with Gasteiger partial charge in [-0.25, -0.2) is 4.98 Å². The van der Waals surface area contributed by atoms with Crippen LogP contribution in [-0.2, 0) is 6.54 Å². The molecule has 114 valence electrons. The Morgan fingerprint density at radius 2 is 1.95 bits per heavy atom. The number of ether oxygens (including phenoxy) is 1. The average Bonchev–Trinajstić information content (AvgIpc) is 2.90. The van der Waals surface area contributed by atoms with Gasteiger partial charge in [-0.2, -0.15) is 0 Å². The first-order valence-electron chi connectivity index (χ1n) is 7.53. The first-order valence-corrected chi connectivity index (χ1v) is 8.34. The van der Waals surface area contributed by atoms with Gasteiger partial charge in [-0.1, -0.05) is 20.8 Å². The Bertz CT molecular complexity index is 561. The Hall–Kier alpha value is -1.39. The number of rotatable bonds is 7. The van der Waals surface area contributed by atoms with Crippen LogP contribution < -0.4 is 10.1 Å². The molecule has 0 fully saturated rings. The molecule has 0 aliphatic carbocycles. The highest BCUT2D eigenvalue weighted by atomic mass is 32.1. The molecule has 2 aromatic rings. The van der Waals surface area contributed by atoms with Crippen LogP contribution in [0.1, 0.15) is 43.7 Å². The number of hydrogen-bond acceptors (Lipinski definition) is 4. The van der Waals surface area contributed by atoms with Gasteiger partial charge >= 0.3 is 0 Å². The number of nitrogens with zero attached hydrogens (tertiary/aromatic N) is 1. The molecular weight excluding hydrogens is 280 g/mol. The Balaban J connectivity index is 2.23. The van der Waals surface area contributed by atoms with Gasteiger partial charge in [0.25, 0.3) is 0 Å². The Morgan fingerprint density at radius 1 is 1.24 bits per heavy atom. The molecule has 1 aromatic carbocycles. The first-order chi connectivity index (χ1) is 10.2. The number of thiazole rings is 1. The number of benzene rings is 1. The van der Waals surface area contributed by atoms with E-state index in [2.05, 4.69) is 38.2 Å². The first kappa shape index (κ1) is 16.0. The highest BCUT2D eigenvalue weighted by molar-refractivity contribution is 7.15. The summed E-state index contributed by atoms with van der Waals surface area (Å²) in [5, 5.41) is 4.32. The maximum atomic E-state index is 5.62. The van der Waals surface area contributed by atoms with Gasteiger partial charge in [-0.3, -0.25) is 0 Å². The topological polar surface area (TPSA) is 34.1 Å². The minimum atomic E-state index is 0.450. The van der Waals surface area contributed by atoms with E-state index in [0.717, 1.165) is 35.9 Å². The molecule has 2 rings (SSSR count). The molecule has 4 heteroatoms. The standard InChI is InChI=1S/C17H24N2OS/c1-5-10-20-14-8-6-13(7-9-14)17-19-16(12(2)3)15(21-17)11-18-4/h6-9,12,18H,5,10-11H2,1-4H3. The van der Waals surface area contributed by atoms with Crippen LogP contribution in [0, 0.1) is 0 Å². The molecule has 0 spiro atoms. The van der Waals surface area contributed by atoms with Gasteiger partial charge in [0, 0.05) is 17.0 Å². The van der Waals surface area contributed by atoms with Crippen molar-refractivity contribution in [3.8, 4) is 16.3 Å². The summed E-state index contributed by atoms with van der Waals surface area (Å²) < 4.78 is 5.62. The minimum Gasteiger partial charge on any atom is -0.494 e. The molecular formula is C17H24N2OS. The zero-order valence-electron chi connectivity index (χ0n) is 13.3. The molecule has 1 N–H and O–H groups in total. The Labute approximate surface area is 131 Å². The van der Waals surface area contributed by atoms with Crippen LogP contribution in [0.2, 0.25) is 0 Å². The largest absolute Gasteiger partial charge is 0.494 e. The van der Waals surface area contributed by atoms with E-state index in [4.69, 9.17) is 9.72 Å². The summed E-state index contributed by atoms with van der Waals surface area (Å²) in [6, 6.07) is 8.24. The normalized spacial score (nSPS) is 11.1. The van der Waals surface area contributed by atoms with E-state index in [9.17, 15) is 0 Å². The molecule has 0 saturated carbocycles. The van der Waals surface area contributed by atoms with Gasteiger partial charge in [-0.15, -0.1) is 11.3 Å². The molecule has 0 unspecified atom stereocenters. The van der Waals surface area contributed by atoms with Crippen LogP contribution in [0.5, 0.6) is 5.75 Å². The van der Waals surface area contributed by atoms with Gasteiger partial charge in [0.15, 0.2) is 0 Å². The van der Waals surface area contributed by atoms with E-state index in [1.165, 1.54) is 10.6 Å². The molecule has 1 heterocycles. The molecule has 0 amide bonds. The van der Waals surface area contributed by atoms with Gasteiger partial charge in [-0.05, 0) is 43.7 Å². The van der Waals surface area contributed by atoms with Crippen LogP contribution in [0.15, 0.2) is 24.3 Å². The summed E-state index contributed by atoms with van der Waals surface area (Å²) in [7, 11) is 1.98. The summed E-state index contributed by atoms with van der Waals surface area (Å²) in [5.41, 5.74) is 2.36. The summed E-state index contributed by atoms with van der Waals surface area (Å²) >= 11 is 1.77. The van der Waals surface area contributed by atoms with Crippen molar-refractivity contribution in [1.29, 1.82) is 0 Å². The predicted molar refractivity (Wildman–Crippen MR) is 90.2 cm³/mol. The van der Waals surface area contributed by atoms with E-state index >= 15 is 0 Å². The van der Waals surface area contributed by atoms with Crippen LogP contribution >= 0.6 is 11.3 Å². The highest BCUT2D eigenvalue weighted by Crippen LogP contribution is 2.32. The predicted octanol–water partition coefficient (Wildman–Crippen LogP) is 4.44. The lowest BCUT2D eigenvalue weighted by Crippen LogP contribution is -2.06. The quantitative estimate of drug-likeness (QED) is 0.821. The fourth-order valence-corrected chi connectivity index (χ4v) is 3.37. The van der Waals surface area contributed by atoms with Crippen molar-refractivity contribution in [2.75, 3.05) is 13.7 Å². The lowest BCUT2D eigenvalue weighted by atomic mass is 10.1. The number of nitrogens with one attached hydrogen (secondary N) is 1. The van der Waals surface area contributed by atoms with E-state index < -0.39 is 0 Å².